The molecule has 0 aliphatic carbocycles. The Balaban J connectivity index is 1.73. The van der Waals surface area contributed by atoms with Crippen LogP contribution >= 0.6 is 0 Å². The molecule has 1 atom stereocenters. The predicted octanol–water partition coefficient (Wildman–Crippen LogP) is 3.22. The van der Waals surface area contributed by atoms with Crippen LogP contribution in [0.2, 0.25) is 0 Å². The van der Waals surface area contributed by atoms with Crippen LogP contribution in [0.1, 0.15) is 41.5 Å². The molecule has 3 rings (SSSR count). The minimum absolute atomic E-state index is 0.0934. The number of nitrogens with zero attached hydrogens (tertiary/aromatic N) is 4. The average Bonchev–Trinajstić information content (AvgIpc) is 3.07. The van der Waals surface area contributed by atoms with Crippen molar-refractivity contribution in [1.29, 1.82) is 0 Å². The van der Waals surface area contributed by atoms with Crippen molar-refractivity contribution in [3.63, 3.8) is 0 Å². The highest BCUT2D eigenvalue weighted by Crippen LogP contribution is 2.19. The molecule has 0 radical (unpaired) electrons. The van der Waals surface area contributed by atoms with E-state index in [1.54, 1.807) is 6.20 Å². The number of rotatable bonds is 7. The summed E-state index contributed by atoms with van der Waals surface area (Å²) in [5.74, 6) is -0.0934. The summed E-state index contributed by atoms with van der Waals surface area (Å²) in [6.07, 6.45) is 2.65. The van der Waals surface area contributed by atoms with E-state index in [4.69, 9.17) is 0 Å². The van der Waals surface area contributed by atoms with E-state index in [-0.39, 0.29) is 18.0 Å². The van der Waals surface area contributed by atoms with Gasteiger partial charge in [-0.3, -0.25) is 4.79 Å². The van der Waals surface area contributed by atoms with Crippen molar-refractivity contribution in [2.45, 2.75) is 39.3 Å². The van der Waals surface area contributed by atoms with Gasteiger partial charge in [0, 0.05) is 24.0 Å². The molecule has 0 fully saturated rings. The zero-order valence-electron chi connectivity index (χ0n) is 17.3. The lowest BCUT2D eigenvalue weighted by atomic mass is 10.0. The Morgan fingerprint density at radius 1 is 1.21 bits per heavy atom. The van der Waals surface area contributed by atoms with Crippen molar-refractivity contribution < 1.29 is 4.79 Å². The van der Waals surface area contributed by atoms with Crippen LogP contribution in [0.3, 0.4) is 0 Å². The Hall–Kier alpha value is -2.73. The molecule has 6 nitrogen and oxygen atoms in total. The highest BCUT2D eigenvalue weighted by atomic mass is 16.1. The molecular weight excluding hydrogens is 350 g/mol. The van der Waals surface area contributed by atoms with Crippen LogP contribution in [0.25, 0.3) is 11.0 Å². The first-order valence-electron chi connectivity index (χ1n) is 9.70. The number of likely N-dealkylation sites (N-methyl/N-ethyl adjacent to an activating group) is 1. The number of carbonyl (C=O) groups is 1. The number of nitrogens with one attached hydrogen (secondary N) is 1. The molecule has 1 amide bonds. The van der Waals surface area contributed by atoms with Crippen LogP contribution in [0.4, 0.5) is 0 Å². The van der Waals surface area contributed by atoms with Gasteiger partial charge in [0.25, 0.3) is 5.91 Å². The van der Waals surface area contributed by atoms with Crippen LogP contribution in [0.5, 0.6) is 0 Å². The van der Waals surface area contributed by atoms with Crippen LogP contribution in [-0.2, 0) is 6.42 Å². The molecule has 1 unspecified atom stereocenters. The van der Waals surface area contributed by atoms with E-state index < -0.39 is 0 Å². The maximum absolute atomic E-state index is 12.8. The molecule has 2 heterocycles. The molecule has 0 saturated carbocycles. The van der Waals surface area contributed by atoms with E-state index in [2.05, 4.69) is 46.3 Å². The summed E-state index contributed by atoms with van der Waals surface area (Å²) < 4.78 is 1.88. The van der Waals surface area contributed by atoms with Crippen molar-refractivity contribution in [3.05, 3.63) is 59.4 Å². The first-order valence-corrected chi connectivity index (χ1v) is 9.70. The minimum atomic E-state index is -0.0934. The van der Waals surface area contributed by atoms with Gasteiger partial charge in [-0.15, -0.1) is 0 Å². The Morgan fingerprint density at radius 2 is 1.93 bits per heavy atom. The minimum Gasteiger partial charge on any atom is -0.350 e. The maximum Gasteiger partial charge on any atom is 0.253 e. The fraction of sp³-hybridized carbons (Fsp3) is 0.409. The molecule has 0 spiro atoms. The Labute approximate surface area is 166 Å². The van der Waals surface area contributed by atoms with Gasteiger partial charge in [-0.2, -0.15) is 5.10 Å². The van der Waals surface area contributed by atoms with E-state index in [0.717, 1.165) is 23.1 Å². The molecule has 0 saturated heterocycles. The maximum atomic E-state index is 12.8. The van der Waals surface area contributed by atoms with Gasteiger partial charge in [-0.1, -0.05) is 30.3 Å². The van der Waals surface area contributed by atoms with Gasteiger partial charge in [0.2, 0.25) is 0 Å². The van der Waals surface area contributed by atoms with Crippen LogP contribution < -0.4 is 5.32 Å². The summed E-state index contributed by atoms with van der Waals surface area (Å²) in [6, 6.07) is 12.7. The third-order valence-electron chi connectivity index (χ3n) is 5.04. The molecule has 1 aromatic carbocycles. The lowest BCUT2D eigenvalue weighted by Gasteiger charge is -2.25. The average molecular weight is 380 g/mol. The number of pyridine rings is 1. The van der Waals surface area contributed by atoms with Crippen LogP contribution in [0.15, 0.2) is 42.6 Å². The smallest absolute Gasteiger partial charge is 0.253 e. The number of amides is 1. The third kappa shape index (κ3) is 4.39. The molecule has 0 aliphatic rings. The highest BCUT2D eigenvalue weighted by molar-refractivity contribution is 5.98. The summed E-state index contributed by atoms with van der Waals surface area (Å²) in [5.41, 5.74) is 3.40. The van der Waals surface area contributed by atoms with Gasteiger partial charge < -0.3 is 10.2 Å². The first kappa shape index (κ1) is 20.0. The van der Waals surface area contributed by atoms with E-state index in [9.17, 15) is 4.79 Å². The van der Waals surface area contributed by atoms with Gasteiger partial charge in [0.1, 0.15) is 0 Å². The summed E-state index contributed by atoms with van der Waals surface area (Å²) in [7, 11) is 4.08. The second-order valence-corrected chi connectivity index (χ2v) is 7.73. The van der Waals surface area contributed by atoms with Crippen LogP contribution in [0, 0.1) is 6.92 Å². The van der Waals surface area contributed by atoms with Crippen molar-refractivity contribution in [2.24, 2.45) is 0 Å². The largest absolute Gasteiger partial charge is 0.350 e. The molecule has 1 N–H and O–H groups in total. The van der Waals surface area contributed by atoms with E-state index >= 15 is 0 Å². The number of carbonyl (C=O) groups excluding carboxylic acids is 1. The number of aromatic nitrogens is 3. The fourth-order valence-electron chi connectivity index (χ4n) is 3.30. The van der Waals surface area contributed by atoms with Gasteiger partial charge in [-0.25, -0.2) is 9.67 Å². The van der Waals surface area contributed by atoms with Crippen molar-refractivity contribution in [2.75, 3.05) is 20.6 Å². The van der Waals surface area contributed by atoms with Crippen molar-refractivity contribution in [1.82, 2.24) is 25.0 Å². The Kier molecular flexibility index (Phi) is 6.09. The summed E-state index contributed by atoms with van der Waals surface area (Å²) in [6.45, 7) is 6.58. The lowest BCUT2D eigenvalue weighted by molar-refractivity contribution is 0.0941. The molecule has 0 aliphatic heterocycles. The number of hydrogen-bond acceptors (Lipinski definition) is 4. The summed E-state index contributed by atoms with van der Waals surface area (Å²) >= 11 is 0. The SMILES string of the molecule is Cc1nc2c(cnn2C(C)C)cc1C(=O)NCC(Cc1ccccc1)N(C)C. The monoisotopic (exact) mass is 379 g/mol. The molecule has 148 valence electrons. The van der Waals surface area contributed by atoms with Crippen molar-refractivity contribution in [3.8, 4) is 0 Å². The quantitative estimate of drug-likeness (QED) is 0.685. The summed E-state index contributed by atoms with van der Waals surface area (Å²) in [4.78, 5) is 19.6. The number of fused-ring (bicyclic) bond motifs is 1. The van der Waals surface area contributed by atoms with Gasteiger partial charge in [0.05, 0.1) is 17.5 Å². The predicted molar refractivity (Wildman–Crippen MR) is 113 cm³/mol. The van der Waals surface area contributed by atoms with E-state index in [0.29, 0.717) is 12.1 Å². The molecule has 3 aromatic rings. The molecule has 0 bridgehead atoms. The lowest BCUT2D eigenvalue weighted by Crippen LogP contribution is -2.41. The zero-order valence-corrected chi connectivity index (χ0v) is 17.3. The normalized spacial score (nSPS) is 12.7. The molecule has 2 aromatic heterocycles. The Morgan fingerprint density at radius 3 is 2.57 bits per heavy atom. The van der Waals surface area contributed by atoms with Gasteiger partial charge >= 0.3 is 0 Å². The molecule has 6 heteroatoms. The highest BCUT2D eigenvalue weighted by Gasteiger charge is 2.18. The fourth-order valence-corrected chi connectivity index (χ4v) is 3.30. The number of aryl methyl sites for hydroxylation is 1. The number of hydrogen-bond donors (Lipinski definition) is 1. The van der Waals surface area contributed by atoms with Crippen LogP contribution in [-0.4, -0.2) is 52.3 Å². The summed E-state index contributed by atoms with van der Waals surface area (Å²) in [5, 5.41) is 8.37. The second-order valence-electron chi connectivity index (χ2n) is 7.73. The third-order valence-corrected chi connectivity index (χ3v) is 5.04. The van der Waals surface area contributed by atoms with Gasteiger partial charge in [-0.05, 0) is 52.9 Å². The van der Waals surface area contributed by atoms with E-state index in [1.807, 2.05) is 50.0 Å². The van der Waals surface area contributed by atoms with Gasteiger partial charge in [0.15, 0.2) is 5.65 Å². The number of benzene rings is 1. The topological polar surface area (TPSA) is 63.1 Å². The van der Waals surface area contributed by atoms with Crippen molar-refractivity contribution >= 4 is 16.9 Å². The standard InChI is InChI=1S/C22H29N5O/c1-15(2)27-21-18(13-24-27)12-20(16(3)25-21)22(28)23-14-19(26(4)5)11-17-9-7-6-8-10-17/h6-10,12-13,15,19H,11,14H2,1-5H3,(H,23,28). The van der Waals surface area contributed by atoms with E-state index in [1.165, 1.54) is 5.56 Å². The molecular formula is C22H29N5O. The molecule has 28 heavy (non-hydrogen) atoms. The Bertz CT molecular complexity index is 946. The zero-order chi connectivity index (χ0) is 20.3. The first-order chi connectivity index (χ1) is 13.4. The second kappa shape index (κ2) is 8.52.